The van der Waals surface area contributed by atoms with Gasteiger partial charge in [-0.25, -0.2) is 0 Å². The van der Waals surface area contributed by atoms with Crippen LogP contribution in [-0.2, 0) is 11.2 Å². The molecule has 0 bridgehead atoms. The molecule has 2 aromatic carbocycles. The summed E-state index contributed by atoms with van der Waals surface area (Å²) < 4.78 is 16.7. The second kappa shape index (κ2) is 7.80. The van der Waals surface area contributed by atoms with Crippen LogP contribution < -0.4 is 30.7 Å². The maximum atomic E-state index is 12.2. The number of nitrogens with two attached hydrogens (primary N) is 1. The quantitative estimate of drug-likeness (QED) is 0.840. The van der Waals surface area contributed by atoms with E-state index in [1.165, 1.54) is 13.0 Å². The van der Waals surface area contributed by atoms with Gasteiger partial charge in [-0.05, 0) is 47.7 Å². The van der Waals surface area contributed by atoms with Crippen molar-refractivity contribution in [1.82, 2.24) is 5.32 Å². The van der Waals surface area contributed by atoms with Crippen molar-refractivity contribution in [2.75, 3.05) is 27.1 Å². The van der Waals surface area contributed by atoms with Crippen LogP contribution in [0.3, 0.4) is 0 Å². The highest BCUT2D eigenvalue weighted by Crippen LogP contribution is 2.50. The van der Waals surface area contributed by atoms with Gasteiger partial charge in [-0.3, -0.25) is 9.59 Å². The second-order valence-electron chi connectivity index (χ2n) is 6.64. The van der Waals surface area contributed by atoms with E-state index >= 15 is 0 Å². The number of aryl methyl sites for hydroxylation is 1. The summed E-state index contributed by atoms with van der Waals surface area (Å²) in [5.41, 5.74) is 9.10. The van der Waals surface area contributed by atoms with Crippen LogP contribution in [0.15, 0.2) is 29.1 Å². The van der Waals surface area contributed by atoms with Crippen molar-refractivity contribution < 1.29 is 19.0 Å². The number of rotatable bonds is 4. The molecular weight excluding hydrogens is 360 g/mol. The van der Waals surface area contributed by atoms with E-state index in [0.29, 0.717) is 30.1 Å². The molecule has 1 atom stereocenters. The van der Waals surface area contributed by atoms with Crippen molar-refractivity contribution in [2.24, 2.45) is 0 Å². The van der Waals surface area contributed by atoms with Gasteiger partial charge in [0.1, 0.15) is 0 Å². The van der Waals surface area contributed by atoms with Crippen molar-refractivity contribution in [1.29, 1.82) is 0 Å². The van der Waals surface area contributed by atoms with Gasteiger partial charge in [-0.2, -0.15) is 0 Å². The fourth-order valence-corrected chi connectivity index (χ4v) is 3.73. The first kappa shape index (κ1) is 19.5. The molecule has 148 valence electrons. The monoisotopic (exact) mass is 384 g/mol. The predicted molar refractivity (Wildman–Crippen MR) is 107 cm³/mol. The maximum Gasteiger partial charge on any atom is 0.217 e. The Balaban J connectivity index is 2.42. The normalized spacial score (nSPS) is 14.9. The smallest absolute Gasteiger partial charge is 0.217 e. The summed E-state index contributed by atoms with van der Waals surface area (Å²) in [6.07, 6.45) is 1.32. The Morgan fingerprint density at radius 1 is 1.11 bits per heavy atom. The number of carbonyl (C=O) groups is 1. The highest BCUT2D eigenvalue weighted by molar-refractivity contribution is 5.84. The molecule has 0 heterocycles. The van der Waals surface area contributed by atoms with Gasteiger partial charge in [-0.15, -0.1) is 0 Å². The van der Waals surface area contributed by atoms with E-state index in [1.807, 2.05) is 6.07 Å². The van der Waals surface area contributed by atoms with E-state index in [0.717, 1.165) is 22.3 Å². The highest BCUT2D eigenvalue weighted by atomic mass is 16.5. The summed E-state index contributed by atoms with van der Waals surface area (Å²) in [6, 6.07) is 6.43. The average Bonchev–Trinajstić information content (AvgIpc) is 2.90. The molecule has 0 radical (unpaired) electrons. The van der Waals surface area contributed by atoms with Crippen LogP contribution in [0.5, 0.6) is 17.2 Å². The topological polar surface area (TPSA) is 99.9 Å². The lowest BCUT2D eigenvalue weighted by molar-refractivity contribution is -0.119. The molecule has 0 aliphatic heterocycles. The van der Waals surface area contributed by atoms with Gasteiger partial charge in [0.15, 0.2) is 11.5 Å². The summed E-state index contributed by atoms with van der Waals surface area (Å²) in [7, 11) is 4.66. The van der Waals surface area contributed by atoms with Crippen LogP contribution in [-0.4, -0.2) is 27.2 Å². The molecule has 0 saturated heterocycles. The Bertz CT molecular complexity index is 987. The largest absolute Gasteiger partial charge is 0.493 e. The first-order valence-electron chi connectivity index (χ1n) is 8.94. The molecule has 0 spiro atoms. The zero-order chi connectivity index (χ0) is 20.4. The van der Waals surface area contributed by atoms with Crippen LogP contribution in [0.25, 0.3) is 11.1 Å². The van der Waals surface area contributed by atoms with E-state index in [4.69, 9.17) is 19.9 Å². The van der Waals surface area contributed by atoms with Crippen LogP contribution in [0.1, 0.15) is 30.5 Å². The van der Waals surface area contributed by atoms with Crippen molar-refractivity contribution in [3.8, 4) is 28.4 Å². The van der Waals surface area contributed by atoms with E-state index in [1.54, 1.807) is 33.5 Å². The van der Waals surface area contributed by atoms with Crippen LogP contribution in [0.2, 0.25) is 0 Å². The third kappa shape index (κ3) is 3.35. The lowest BCUT2D eigenvalue weighted by atomic mass is 9.95. The Hall–Kier alpha value is -3.22. The number of nitrogens with one attached hydrogen (secondary N) is 1. The number of fused-ring (bicyclic) bond motifs is 3. The highest BCUT2D eigenvalue weighted by Gasteiger charge is 2.29. The molecule has 3 rings (SSSR count). The Labute approximate surface area is 163 Å². The third-order valence-corrected chi connectivity index (χ3v) is 4.95. The number of nitrogen functional groups attached to an aromatic ring is 1. The Morgan fingerprint density at radius 3 is 2.43 bits per heavy atom. The summed E-state index contributed by atoms with van der Waals surface area (Å²) in [5, 5.41) is 2.98. The molecule has 2 aromatic rings. The van der Waals surface area contributed by atoms with Crippen LogP contribution in [0.4, 0.5) is 5.69 Å². The number of hydrogen-bond acceptors (Lipinski definition) is 6. The van der Waals surface area contributed by atoms with Gasteiger partial charge in [0.2, 0.25) is 17.1 Å². The zero-order valence-corrected chi connectivity index (χ0v) is 16.4. The molecule has 1 amide bonds. The number of methoxy groups -OCH3 is 3. The minimum absolute atomic E-state index is 0.118. The van der Waals surface area contributed by atoms with Crippen molar-refractivity contribution in [3.63, 3.8) is 0 Å². The number of hydrogen-bond donors (Lipinski definition) is 2. The van der Waals surface area contributed by atoms with Crippen molar-refractivity contribution in [2.45, 2.75) is 25.8 Å². The molecule has 7 heteroatoms. The molecule has 0 fully saturated rings. The summed E-state index contributed by atoms with van der Waals surface area (Å²) in [4.78, 5) is 24.0. The first-order chi connectivity index (χ1) is 13.4. The minimum Gasteiger partial charge on any atom is -0.493 e. The SMILES string of the molecule is COc1cc2c(c(OC)c1OC)-c1cc(N)c(=O)ccc1[C@@H](NC(C)=O)CC2. The van der Waals surface area contributed by atoms with Gasteiger partial charge in [0, 0.05) is 12.5 Å². The molecule has 7 nitrogen and oxygen atoms in total. The predicted octanol–water partition coefficient (Wildman–Crippen LogP) is 2.45. The lowest BCUT2D eigenvalue weighted by Gasteiger charge is -2.19. The molecule has 0 aromatic heterocycles. The maximum absolute atomic E-state index is 12.2. The molecule has 0 saturated carbocycles. The fraction of sp³-hybridized carbons (Fsp3) is 0.333. The average molecular weight is 384 g/mol. The Morgan fingerprint density at radius 2 is 1.82 bits per heavy atom. The standard InChI is InChI=1S/C21H24N2O5/c1-11(24)23-16-7-5-12-9-18(26-2)20(27-3)21(28-4)19(12)14-10-15(22)17(25)8-6-13(14)16/h6,8-10,16H,5,7H2,1-4H3,(H2,22,25)(H,23,24)/t16-/m0/s1. The molecule has 0 unspecified atom stereocenters. The second-order valence-corrected chi connectivity index (χ2v) is 6.64. The van der Waals surface area contributed by atoms with Gasteiger partial charge in [-0.1, -0.05) is 6.07 Å². The first-order valence-corrected chi connectivity index (χ1v) is 8.94. The van der Waals surface area contributed by atoms with Gasteiger partial charge < -0.3 is 25.3 Å². The van der Waals surface area contributed by atoms with Crippen molar-refractivity contribution in [3.05, 3.63) is 45.6 Å². The summed E-state index contributed by atoms with van der Waals surface area (Å²) in [5.74, 6) is 1.36. The van der Waals surface area contributed by atoms with E-state index in [2.05, 4.69) is 5.32 Å². The van der Waals surface area contributed by atoms with Gasteiger partial charge in [0.25, 0.3) is 0 Å². The number of ether oxygens (including phenoxy) is 3. The number of anilines is 1. The van der Waals surface area contributed by atoms with Crippen LogP contribution in [0, 0.1) is 0 Å². The lowest BCUT2D eigenvalue weighted by Crippen LogP contribution is -2.26. The molecule has 28 heavy (non-hydrogen) atoms. The fourth-order valence-electron chi connectivity index (χ4n) is 3.73. The minimum atomic E-state index is -0.282. The third-order valence-electron chi connectivity index (χ3n) is 4.95. The number of benzene rings is 1. The van der Waals surface area contributed by atoms with Crippen LogP contribution >= 0.6 is 0 Å². The van der Waals surface area contributed by atoms with Crippen molar-refractivity contribution >= 4 is 11.6 Å². The zero-order valence-electron chi connectivity index (χ0n) is 16.4. The van der Waals surface area contributed by atoms with Gasteiger partial charge in [0.05, 0.1) is 33.1 Å². The molecule has 1 aliphatic carbocycles. The van der Waals surface area contributed by atoms with E-state index in [9.17, 15) is 9.59 Å². The molecule has 3 N–H and O–H groups in total. The van der Waals surface area contributed by atoms with E-state index < -0.39 is 0 Å². The molecule has 1 aliphatic rings. The van der Waals surface area contributed by atoms with E-state index in [-0.39, 0.29) is 23.1 Å². The summed E-state index contributed by atoms with van der Waals surface area (Å²) >= 11 is 0. The molecular formula is C21H24N2O5. The van der Waals surface area contributed by atoms with Gasteiger partial charge >= 0.3 is 0 Å². The number of amides is 1. The summed E-state index contributed by atoms with van der Waals surface area (Å²) in [6.45, 7) is 1.47. The Kier molecular flexibility index (Phi) is 5.44. The number of carbonyl (C=O) groups excluding carboxylic acids is 1.